The Morgan fingerprint density at radius 2 is 1.90 bits per heavy atom. The average molecular weight is 483 g/mol. The first-order valence-corrected chi connectivity index (χ1v) is 10.3. The zero-order chi connectivity index (χ0) is 21.5. The van der Waals surface area contributed by atoms with Crippen LogP contribution in [-0.2, 0) is 11.3 Å². The number of rotatable bonds is 5. The third kappa shape index (κ3) is 4.23. The van der Waals surface area contributed by atoms with E-state index in [0.29, 0.717) is 22.9 Å². The lowest BCUT2D eigenvalue weighted by Crippen LogP contribution is -2.25. The van der Waals surface area contributed by atoms with Crippen LogP contribution in [0.1, 0.15) is 41.3 Å². The van der Waals surface area contributed by atoms with Crippen LogP contribution in [0.3, 0.4) is 0 Å². The van der Waals surface area contributed by atoms with Gasteiger partial charge in [-0.05, 0) is 68.2 Å². The van der Waals surface area contributed by atoms with Crippen molar-refractivity contribution in [2.24, 2.45) is 0 Å². The number of aryl methyl sites for hydroxylation is 2. The van der Waals surface area contributed by atoms with Gasteiger partial charge in [0.05, 0.1) is 39.5 Å². The molecule has 0 aliphatic heterocycles. The van der Waals surface area contributed by atoms with Crippen LogP contribution in [0.25, 0.3) is 0 Å². The van der Waals surface area contributed by atoms with Crippen LogP contribution in [0.5, 0.6) is 0 Å². The van der Waals surface area contributed by atoms with Gasteiger partial charge >= 0.3 is 0 Å². The summed E-state index contributed by atoms with van der Waals surface area (Å²) < 4.78 is 17.6. The van der Waals surface area contributed by atoms with Gasteiger partial charge in [0.2, 0.25) is 5.91 Å². The summed E-state index contributed by atoms with van der Waals surface area (Å²) in [6.07, 6.45) is 0. The molecule has 0 bridgehead atoms. The highest BCUT2D eigenvalue weighted by Gasteiger charge is 2.23. The minimum atomic E-state index is -0.492. The minimum absolute atomic E-state index is 0.186. The van der Waals surface area contributed by atoms with Crippen molar-refractivity contribution in [2.45, 2.75) is 47.2 Å². The summed E-state index contributed by atoms with van der Waals surface area (Å²) in [5.41, 5.74) is 4.60. The standard InChI is InChI=1S/C20H22BrClFN5O/c1-10-18(21)12(3)28(26-10)14(5)20(29)24-19-11(2)25-27(13(19)4)9-15-6-7-16(23)8-17(15)22/h6-8,14H,9H2,1-5H3,(H,24,29). The molecule has 0 spiro atoms. The monoisotopic (exact) mass is 481 g/mol. The second-order valence-electron chi connectivity index (χ2n) is 7.03. The van der Waals surface area contributed by atoms with Gasteiger partial charge in [0.1, 0.15) is 11.9 Å². The van der Waals surface area contributed by atoms with Gasteiger partial charge in [0.25, 0.3) is 0 Å². The van der Waals surface area contributed by atoms with Crippen LogP contribution in [0, 0.1) is 33.5 Å². The number of amides is 1. The Balaban J connectivity index is 1.82. The van der Waals surface area contributed by atoms with E-state index in [1.165, 1.54) is 12.1 Å². The van der Waals surface area contributed by atoms with E-state index in [1.54, 1.807) is 22.4 Å². The summed E-state index contributed by atoms with van der Waals surface area (Å²) in [6.45, 7) is 9.68. The number of hydrogen-bond donors (Lipinski definition) is 1. The maximum absolute atomic E-state index is 13.3. The van der Waals surface area contributed by atoms with Gasteiger partial charge in [0.15, 0.2) is 0 Å². The van der Waals surface area contributed by atoms with Crippen LogP contribution >= 0.6 is 27.5 Å². The lowest BCUT2D eigenvalue weighted by atomic mass is 10.2. The molecule has 0 aliphatic carbocycles. The van der Waals surface area contributed by atoms with Crippen LogP contribution < -0.4 is 5.32 Å². The fourth-order valence-electron chi connectivity index (χ4n) is 3.20. The predicted molar refractivity (Wildman–Crippen MR) is 115 cm³/mol. The second kappa shape index (κ2) is 8.28. The summed E-state index contributed by atoms with van der Waals surface area (Å²) in [7, 11) is 0. The predicted octanol–water partition coefficient (Wildman–Crippen LogP) is 5.12. The molecule has 1 amide bonds. The molecule has 1 aromatic carbocycles. The fourth-order valence-corrected chi connectivity index (χ4v) is 3.69. The summed E-state index contributed by atoms with van der Waals surface area (Å²) in [5, 5.41) is 12.3. The number of halogens is 3. The first kappa shape index (κ1) is 21.5. The van der Waals surface area contributed by atoms with Crippen LogP contribution in [0.2, 0.25) is 5.02 Å². The van der Waals surface area contributed by atoms with Crippen LogP contribution in [0.4, 0.5) is 10.1 Å². The van der Waals surface area contributed by atoms with Crippen LogP contribution in [-0.4, -0.2) is 25.5 Å². The molecule has 0 radical (unpaired) electrons. The molecule has 1 atom stereocenters. The molecule has 2 aromatic heterocycles. The van der Waals surface area contributed by atoms with Gasteiger partial charge in [-0.15, -0.1) is 0 Å². The molecule has 0 aliphatic rings. The minimum Gasteiger partial charge on any atom is -0.321 e. The quantitative estimate of drug-likeness (QED) is 0.549. The average Bonchev–Trinajstić information content (AvgIpc) is 3.07. The summed E-state index contributed by atoms with van der Waals surface area (Å²) in [4.78, 5) is 12.9. The summed E-state index contributed by atoms with van der Waals surface area (Å²) >= 11 is 9.63. The molecule has 154 valence electrons. The molecular weight excluding hydrogens is 461 g/mol. The topological polar surface area (TPSA) is 64.7 Å². The van der Waals surface area contributed by atoms with Gasteiger partial charge in [-0.1, -0.05) is 17.7 Å². The zero-order valence-electron chi connectivity index (χ0n) is 16.8. The van der Waals surface area contributed by atoms with Crippen molar-refractivity contribution < 1.29 is 9.18 Å². The molecular formula is C20H22BrClFN5O. The number of carbonyl (C=O) groups is 1. The second-order valence-corrected chi connectivity index (χ2v) is 8.23. The number of benzene rings is 1. The number of nitrogens with one attached hydrogen (secondary N) is 1. The Bertz CT molecular complexity index is 1090. The van der Waals surface area contributed by atoms with Crippen molar-refractivity contribution in [1.82, 2.24) is 19.6 Å². The van der Waals surface area contributed by atoms with Gasteiger partial charge < -0.3 is 5.32 Å². The Hall–Kier alpha value is -2.19. The van der Waals surface area contributed by atoms with Crippen molar-refractivity contribution in [1.29, 1.82) is 0 Å². The van der Waals surface area contributed by atoms with Gasteiger partial charge in [-0.2, -0.15) is 10.2 Å². The maximum Gasteiger partial charge on any atom is 0.249 e. The van der Waals surface area contributed by atoms with Crippen molar-refractivity contribution in [3.05, 3.63) is 61.9 Å². The Kier molecular flexibility index (Phi) is 6.14. The smallest absolute Gasteiger partial charge is 0.249 e. The molecule has 3 rings (SSSR count). The Labute approximate surface area is 182 Å². The summed E-state index contributed by atoms with van der Waals surface area (Å²) in [5.74, 6) is -0.571. The van der Waals surface area contributed by atoms with E-state index in [9.17, 15) is 9.18 Å². The molecule has 2 heterocycles. The van der Waals surface area contributed by atoms with E-state index in [4.69, 9.17) is 11.6 Å². The normalized spacial score (nSPS) is 12.3. The molecule has 29 heavy (non-hydrogen) atoms. The number of nitrogens with zero attached hydrogens (tertiary/aromatic N) is 4. The van der Waals surface area contributed by atoms with Crippen molar-refractivity contribution in [2.75, 3.05) is 5.32 Å². The van der Waals surface area contributed by atoms with Crippen molar-refractivity contribution in [3.8, 4) is 0 Å². The first-order valence-electron chi connectivity index (χ1n) is 9.10. The van der Waals surface area contributed by atoms with E-state index in [2.05, 4.69) is 31.4 Å². The van der Waals surface area contributed by atoms with E-state index in [1.807, 2.05) is 27.7 Å². The first-order chi connectivity index (χ1) is 13.6. The summed E-state index contributed by atoms with van der Waals surface area (Å²) in [6, 6.07) is 3.78. The van der Waals surface area contributed by atoms with E-state index in [0.717, 1.165) is 27.1 Å². The molecule has 0 saturated carbocycles. The molecule has 1 unspecified atom stereocenters. The molecule has 9 heteroatoms. The van der Waals surface area contributed by atoms with Crippen molar-refractivity contribution >= 4 is 39.1 Å². The lowest BCUT2D eigenvalue weighted by molar-refractivity contribution is -0.119. The third-order valence-corrected chi connectivity index (χ3v) is 6.45. The highest BCUT2D eigenvalue weighted by atomic mass is 79.9. The zero-order valence-corrected chi connectivity index (χ0v) is 19.2. The van der Waals surface area contributed by atoms with E-state index in [-0.39, 0.29) is 11.7 Å². The van der Waals surface area contributed by atoms with E-state index < -0.39 is 6.04 Å². The molecule has 0 saturated heterocycles. The maximum atomic E-state index is 13.3. The molecule has 3 aromatic rings. The Morgan fingerprint density at radius 3 is 2.48 bits per heavy atom. The number of carbonyl (C=O) groups excluding carboxylic acids is 1. The lowest BCUT2D eigenvalue weighted by Gasteiger charge is -2.15. The van der Waals surface area contributed by atoms with Gasteiger partial charge in [-0.3, -0.25) is 14.2 Å². The number of hydrogen-bond acceptors (Lipinski definition) is 3. The SMILES string of the molecule is Cc1nn(C(C)C(=O)Nc2c(C)nn(Cc3ccc(F)cc3Cl)c2C)c(C)c1Br. The van der Waals surface area contributed by atoms with Crippen molar-refractivity contribution in [3.63, 3.8) is 0 Å². The molecule has 0 fully saturated rings. The van der Waals surface area contributed by atoms with Gasteiger partial charge in [-0.25, -0.2) is 4.39 Å². The number of aromatic nitrogens is 4. The fraction of sp³-hybridized carbons (Fsp3) is 0.350. The number of anilines is 1. The Morgan fingerprint density at radius 1 is 1.21 bits per heavy atom. The van der Waals surface area contributed by atoms with Gasteiger partial charge in [0, 0.05) is 5.02 Å². The highest BCUT2D eigenvalue weighted by molar-refractivity contribution is 9.10. The highest BCUT2D eigenvalue weighted by Crippen LogP contribution is 2.26. The molecule has 1 N–H and O–H groups in total. The molecule has 6 nitrogen and oxygen atoms in total. The van der Waals surface area contributed by atoms with E-state index >= 15 is 0 Å². The largest absolute Gasteiger partial charge is 0.321 e. The van der Waals surface area contributed by atoms with Crippen LogP contribution in [0.15, 0.2) is 22.7 Å². The third-order valence-electron chi connectivity index (χ3n) is 4.95.